The average molecular weight is 532 g/mol. The first-order valence-electron chi connectivity index (χ1n) is 9.32. The highest BCUT2D eigenvalue weighted by Gasteiger charge is 2.21. The summed E-state index contributed by atoms with van der Waals surface area (Å²) >= 11 is 6.16. The third kappa shape index (κ3) is 6.53. The molecule has 0 bridgehead atoms. The van der Waals surface area contributed by atoms with Gasteiger partial charge in [0, 0.05) is 43.9 Å². The number of aliphatic imine (C=N–C) groups is 1. The van der Waals surface area contributed by atoms with Crippen LogP contribution in [-0.2, 0) is 11.3 Å². The molecule has 0 saturated carbocycles. The minimum Gasteiger partial charge on any atom is -0.467 e. The number of carbonyl (C=O) groups is 1. The quantitative estimate of drug-likeness (QED) is 0.353. The smallest absolute Gasteiger partial charge is 0.239 e. The number of nitrogens with zero attached hydrogens (tertiary/aromatic N) is 3. The van der Waals surface area contributed by atoms with Crippen molar-refractivity contribution in [2.45, 2.75) is 13.5 Å². The number of hydrogen-bond acceptors (Lipinski definition) is 4. The Labute approximate surface area is 193 Å². The zero-order valence-corrected chi connectivity index (χ0v) is 19.7. The molecule has 2 aromatic rings. The summed E-state index contributed by atoms with van der Waals surface area (Å²) in [6.45, 7) is 6.02. The van der Waals surface area contributed by atoms with Crippen LogP contribution in [0.1, 0.15) is 11.3 Å². The molecule has 158 valence electrons. The number of carbonyl (C=O) groups excluding carboxylic acids is 1. The van der Waals surface area contributed by atoms with E-state index in [9.17, 15) is 4.79 Å². The van der Waals surface area contributed by atoms with Crippen LogP contribution in [0.5, 0.6) is 0 Å². The Bertz CT molecular complexity index is 820. The molecule has 0 radical (unpaired) electrons. The number of halogens is 2. The van der Waals surface area contributed by atoms with E-state index in [0.717, 1.165) is 42.9 Å². The number of nitrogens with one attached hydrogen (secondary N) is 2. The maximum atomic E-state index is 12.0. The van der Waals surface area contributed by atoms with E-state index in [-0.39, 0.29) is 36.4 Å². The Kier molecular flexibility index (Phi) is 9.09. The van der Waals surface area contributed by atoms with E-state index in [2.05, 4.69) is 32.3 Å². The number of anilines is 1. The van der Waals surface area contributed by atoms with E-state index < -0.39 is 0 Å². The SMILES string of the molecule is CN=C(NCC(=O)NCc1ccco1)N1CCN(c2cc(Cl)ccc2C)CC1.I. The fourth-order valence-electron chi connectivity index (χ4n) is 3.24. The number of hydrogen-bond donors (Lipinski definition) is 2. The van der Waals surface area contributed by atoms with Crippen molar-refractivity contribution in [2.24, 2.45) is 4.99 Å². The minimum atomic E-state index is -0.106. The van der Waals surface area contributed by atoms with Crippen molar-refractivity contribution in [1.29, 1.82) is 0 Å². The average Bonchev–Trinajstić information content (AvgIpc) is 3.23. The predicted molar refractivity (Wildman–Crippen MR) is 127 cm³/mol. The normalized spacial score (nSPS) is 14.4. The number of guanidine groups is 1. The van der Waals surface area contributed by atoms with E-state index >= 15 is 0 Å². The monoisotopic (exact) mass is 531 g/mol. The van der Waals surface area contributed by atoms with Crippen LogP contribution >= 0.6 is 35.6 Å². The van der Waals surface area contributed by atoms with Crippen molar-refractivity contribution in [3.63, 3.8) is 0 Å². The Morgan fingerprint density at radius 3 is 2.62 bits per heavy atom. The lowest BCUT2D eigenvalue weighted by molar-refractivity contribution is -0.120. The molecular formula is C20H27ClIN5O2. The van der Waals surface area contributed by atoms with Gasteiger partial charge in [0.1, 0.15) is 5.76 Å². The maximum absolute atomic E-state index is 12.0. The zero-order chi connectivity index (χ0) is 19.9. The molecule has 1 saturated heterocycles. The first kappa shape index (κ1) is 23.3. The summed E-state index contributed by atoms with van der Waals surface area (Å²) in [5, 5.41) is 6.71. The minimum absolute atomic E-state index is 0. The Morgan fingerprint density at radius 2 is 1.97 bits per heavy atom. The van der Waals surface area contributed by atoms with E-state index in [0.29, 0.717) is 6.54 Å². The Morgan fingerprint density at radius 1 is 1.21 bits per heavy atom. The molecule has 3 rings (SSSR count). The fourth-order valence-corrected chi connectivity index (χ4v) is 3.40. The molecular weight excluding hydrogens is 505 g/mol. The molecule has 1 fully saturated rings. The maximum Gasteiger partial charge on any atom is 0.239 e. The molecule has 1 aromatic heterocycles. The van der Waals surface area contributed by atoms with Gasteiger partial charge < -0.3 is 24.9 Å². The van der Waals surface area contributed by atoms with Gasteiger partial charge in [-0.3, -0.25) is 9.79 Å². The first-order valence-corrected chi connectivity index (χ1v) is 9.70. The number of aryl methyl sites for hydroxylation is 1. The molecule has 1 aromatic carbocycles. The topological polar surface area (TPSA) is 73.1 Å². The van der Waals surface area contributed by atoms with Gasteiger partial charge in [0.25, 0.3) is 0 Å². The largest absolute Gasteiger partial charge is 0.467 e. The van der Waals surface area contributed by atoms with Crippen LogP contribution in [-0.4, -0.2) is 56.5 Å². The van der Waals surface area contributed by atoms with Crippen LogP contribution in [0.25, 0.3) is 0 Å². The van der Waals surface area contributed by atoms with Gasteiger partial charge in [-0.25, -0.2) is 0 Å². The van der Waals surface area contributed by atoms with Crippen molar-refractivity contribution >= 4 is 53.1 Å². The summed E-state index contributed by atoms with van der Waals surface area (Å²) in [4.78, 5) is 20.9. The molecule has 0 aliphatic carbocycles. The van der Waals surface area contributed by atoms with E-state index in [4.69, 9.17) is 16.0 Å². The summed E-state index contributed by atoms with van der Waals surface area (Å²) in [7, 11) is 1.73. The summed E-state index contributed by atoms with van der Waals surface area (Å²) in [5.74, 6) is 1.35. The Hall–Kier alpha value is -1.94. The van der Waals surface area contributed by atoms with Gasteiger partial charge in [-0.1, -0.05) is 17.7 Å². The summed E-state index contributed by atoms with van der Waals surface area (Å²) in [6, 6.07) is 9.61. The second-order valence-corrected chi connectivity index (χ2v) is 7.10. The first-order chi connectivity index (χ1) is 13.6. The number of furan rings is 1. The van der Waals surface area contributed by atoms with Gasteiger partial charge in [0.15, 0.2) is 5.96 Å². The van der Waals surface area contributed by atoms with Gasteiger partial charge in [-0.2, -0.15) is 0 Å². The van der Waals surface area contributed by atoms with Crippen LogP contribution in [0.4, 0.5) is 5.69 Å². The van der Waals surface area contributed by atoms with Crippen molar-refractivity contribution in [3.8, 4) is 0 Å². The highest BCUT2D eigenvalue weighted by Crippen LogP contribution is 2.25. The Balaban J connectivity index is 0.00000300. The third-order valence-electron chi connectivity index (χ3n) is 4.75. The second-order valence-electron chi connectivity index (χ2n) is 6.66. The van der Waals surface area contributed by atoms with Gasteiger partial charge in [-0.15, -0.1) is 24.0 Å². The molecule has 2 N–H and O–H groups in total. The van der Waals surface area contributed by atoms with E-state index in [1.54, 1.807) is 19.4 Å². The lowest BCUT2D eigenvalue weighted by Gasteiger charge is -2.38. The van der Waals surface area contributed by atoms with Gasteiger partial charge in [0.05, 0.1) is 19.4 Å². The van der Waals surface area contributed by atoms with Crippen LogP contribution in [0.15, 0.2) is 46.0 Å². The highest BCUT2D eigenvalue weighted by molar-refractivity contribution is 14.0. The molecule has 7 nitrogen and oxygen atoms in total. The van der Waals surface area contributed by atoms with E-state index in [1.165, 1.54) is 11.3 Å². The molecule has 0 atom stereocenters. The molecule has 1 aliphatic heterocycles. The summed E-state index contributed by atoms with van der Waals surface area (Å²) in [6.07, 6.45) is 1.59. The third-order valence-corrected chi connectivity index (χ3v) is 4.98. The lowest BCUT2D eigenvalue weighted by Crippen LogP contribution is -2.53. The number of piperazine rings is 1. The number of benzene rings is 1. The second kappa shape index (κ2) is 11.3. The van der Waals surface area contributed by atoms with Gasteiger partial charge >= 0.3 is 0 Å². The molecule has 0 spiro atoms. The van der Waals surface area contributed by atoms with Crippen LogP contribution in [0, 0.1) is 6.92 Å². The van der Waals surface area contributed by atoms with Crippen molar-refractivity contribution in [3.05, 3.63) is 52.9 Å². The van der Waals surface area contributed by atoms with Gasteiger partial charge in [0.2, 0.25) is 5.91 Å². The molecule has 2 heterocycles. The van der Waals surface area contributed by atoms with Crippen LogP contribution in [0.3, 0.4) is 0 Å². The van der Waals surface area contributed by atoms with Crippen molar-refractivity contribution in [1.82, 2.24) is 15.5 Å². The highest BCUT2D eigenvalue weighted by atomic mass is 127. The van der Waals surface area contributed by atoms with Crippen molar-refractivity contribution < 1.29 is 9.21 Å². The molecule has 9 heteroatoms. The summed E-state index contributed by atoms with van der Waals surface area (Å²) < 4.78 is 5.21. The molecule has 0 unspecified atom stereocenters. The lowest BCUT2D eigenvalue weighted by atomic mass is 10.1. The number of amides is 1. The van der Waals surface area contributed by atoms with E-state index in [1.807, 2.05) is 24.3 Å². The standard InChI is InChI=1S/C20H26ClN5O2.HI/c1-15-5-6-16(21)12-18(15)25-7-9-26(10-8-25)20(22-2)24-14-19(27)23-13-17-4-3-11-28-17;/h3-6,11-12H,7-10,13-14H2,1-2H3,(H,22,24)(H,23,27);1H. The van der Waals surface area contributed by atoms with Gasteiger partial charge in [-0.05, 0) is 36.8 Å². The summed E-state index contributed by atoms with van der Waals surface area (Å²) in [5.41, 5.74) is 2.39. The van der Waals surface area contributed by atoms with Crippen LogP contribution < -0.4 is 15.5 Å². The van der Waals surface area contributed by atoms with Crippen LogP contribution in [0.2, 0.25) is 5.02 Å². The molecule has 1 amide bonds. The molecule has 29 heavy (non-hydrogen) atoms. The number of rotatable bonds is 5. The predicted octanol–water partition coefficient (Wildman–Crippen LogP) is 2.87. The van der Waals surface area contributed by atoms with Crippen molar-refractivity contribution in [2.75, 3.05) is 44.7 Å². The molecule has 1 aliphatic rings. The fraction of sp³-hybridized carbons (Fsp3) is 0.400. The zero-order valence-electron chi connectivity index (χ0n) is 16.7.